The highest BCUT2D eigenvalue weighted by Gasteiger charge is 2.44. The fourth-order valence-electron chi connectivity index (χ4n) is 1.27. The lowest BCUT2D eigenvalue weighted by Crippen LogP contribution is -2.19. The van der Waals surface area contributed by atoms with E-state index in [9.17, 15) is 26.3 Å². The summed E-state index contributed by atoms with van der Waals surface area (Å²) in [6.45, 7) is 0. The number of aromatic nitrogens is 1. The number of pyridine rings is 1. The zero-order valence-electron chi connectivity index (χ0n) is 8.02. The Hall–Kier alpha value is -1.78. The van der Waals surface area contributed by atoms with Crippen LogP contribution in [-0.2, 0) is 18.8 Å². The second-order valence-corrected chi connectivity index (χ2v) is 3.05. The molecule has 92 valence electrons. The molecule has 0 radical (unpaired) electrons. The van der Waals surface area contributed by atoms with Gasteiger partial charge < -0.3 is 0 Å². The summed E-state index contributed by atoms with van der Waals surface area (Å²) in [4.78, 5) is 3.07. The lowest BCUT2D eigenvalue weighted by atomic mass is 10.0. The van der Waals surface area contributed by atoms with E-state index in [1.54, 1.807) is 0 Å². The molecule has 0 fully saturated rings. The Balaban J connectivity index is 3.53. The van der Waals surface area contributed by atoms with E-state index in [2.05, 4.69) is 4.98 Å². The highest BCUT2D eigenvalue weighted by molar-refractivity contribution is 5.37. The second-order valence-electron chi connectivity index (χ2n) is 3.05. The molecule has 1 aromatic rings. The van der Waals surface area contributed by atoms with Gasteiger partial charge in [0.05, 0.1) is 23.6 Å². The average molecular weight is 254 g/mol. The zero-order valence-corrected chi connectivity index (χ0v) is 8.02. The van der Waals surface area contributed by atoms with Crippen LogP contribution in [0.3, 0.4) is 0 Å². The van der Waals surface area contributed by atoms with E-state index in [1.807, 2.05) is 0 Å². The molecule has 0 amide bonds. The first-order valence-electron chi connectivity index (χ1n) is 4.16. The largest absolute Gasteiger partial charge is 0.418 e. The van der Waals surface area contributed by atoms with Crippen LogP contribution in [0.4, 0.5) is 26.3 Å². The minimum atomic E-state index is -5.18. The SMILES string of the molecule is N#CCc1cncc(C(F)(F)F)c1C(F)(F)F. The van der Waals surface area contributed by atoms with Gasteiger partial charge in [-0.05, 0) is 5.56 Å². The first kappa shape index (κ1) is 13.3. The van der Waals surface area contributed by atoms with E-state index in [0.717, 1.165) is 0 Å². The predicted octanol–water partition coefficient (Wildman–Crippen LogP) is 3.19. The molecule has 0 saturated heterocycles. The lowest BCUT2D eigenvalue weighted by Gasteiger charge is -2.17. The van der Waals surface area contributed by atoms with Crippen molar-refractivity contribution in [3.63, 3.8) is 0 Å². The summed E-state index contributed by atoms with van der Waals surface area (Å²) >= 11 is 0. The van der Waals surface area contributed by atoms with Crippen LogP contribution in [0.2, 0.25) is 0 Å². The van der Waals surface area contributed by atoms with Gasteiger partial charge in [-0.25, -0.2) is 0 Å². The maximum absolute atomic E-state index is 12.5. The molecule has 2 nitrogen and oxygen atoms in total. The molecule has 0 spiro atoms. The van der Waals surface area contributed by atoms with Gasteiger partial charge in [0.1, 0.15) is 0 Å². The Morgan fingerprint density at radius 2 is 1.65 bits per heavy atom. The van der Waals surface area contributed by atoms with E-state index in [0.29, 0.717) is 6.20 Å². The Bertz CT molecular complexity index is 454. The van der Waals surface area contributed by atoms with Crippen LogP contribution < -0.4 is 0 Å². The van der Waals surface area contributed by atoms with E-state index in [-0.39, 0.29) is 6.20 Å². The van der Waals surface area contributed by atoms with Gasteiger partial charge in [-0.1, -0.05) is 0 Å². The first-order valence-corrected chi connectivity index (χ1v) is 4.16. The van der Waals surface area contributed by atoms with Crippen LogP contribution in [0.15, 0.2) is 12.4 Å². The van der Waals surface area contributed by atoms with E-state index in [4.69, 9.17) is 5.26 Å². The molecule has 0 aliphatic carbocycles. The van der Waals surface area contributed by atoms with Crippen molar-refractivity contribution in [3.05, 3.63) is 29.1 Å². The summed E-state index contributed by atoms with van der Waals surface area (Å²) in [6, 6.07) is 1.37. The maximum atomic E-state index is 12.5. The molecule has 1 heterocycles. The van der Waals surface area contributed by atoms with E-state index >= 15 is 0 Å². The molecule has 0 aliphatic rings. The van der Waals surface area contributed by atoms with Gasteiger partial charge in [0.25, 0.3) is 0 Å². The van der Waals surface area contributed by atoms with E-state index < -0.39 is 35.5 Å². The molecular weight excluding hydrogens is 250 g/mol. The van der Waals surface area contributed by atoms with Crippen molar-refractivity contribution in [2.24, 2.45) is 0 Å². The van der Waals surface area contributed by atoms with Crippen LogP contribution >= 0.6 is 0 Å². The van der Waals surface area contributed by atoms with Crippen LogP contribution in [-0.4, -0.2) is 4.98 Å². The zero-order chi connectivity index (χ0) is 13.3. The minimum Gasteiger partial charge on any atom is -0.264 e. The summed E-state index contributed by atoms with van der Waals surface area (Å²) in [7, 11) is 0. The summed E-state index contributed by atoms with van der Waals surface area (Å²) < 4.78 is 74.7. The summed E-state index contributed by atoms with van der Waals surface area (Å²) in [6.07, 6.45) is -10.4. The molecule has 17 heavy (non-hydrogen) atoms. The molecule has 1 aromatic heterocycles. The maximum Gasteiger partial charge on any atom is 0.418 e. The van der Waals surface area contributed by atoms with Crippen LogP contribution in [0.25, 0.3) is 0 Å². The number of hydrogen-bond donors (Lipinski definition) is 0. The van der Waals surface area contributed by atoms with Gasteiger partial charge in [-0.15, -0.1) is 0 Å². The second kappa shape index (κ2) is 4.24. The molecule has 0 N–H and O–H groups in total. The fourth-order valence-corrected chi connectivity index (χ4v) is 1.27. The van der Waals surface area contributed by atoms with Crippen molar-refractivity contribution in [3.8, 4) is 6.07 Å². The number of halogens is 6. The Morgan fingerprint density at radius 3 is 2.06 bits per heavy atom. The Kier molecular flexibility index (Phi) is 3.31. The summed E-state index contributed by atoms with van der Waals surface area (Å²) in [5.74, 6) is 0. The van der Waals surface area contributed by atoms with Crippen molar-refractivity contribution in [2.75, 3.05) is 0 Å². The molecule has 0 aromatic carbocycles. The van der Waals surface area contributed by atoms with Gasteiger partial charge in [-0.3, -0.25) is 4.98 Å². The van der Waals surface area contributed by atoms with E-state index in [1.165, 1.54) is 6.07 Å². The molecule has 0 bridgehead atoms. The van der Waals surface area contributed by atoms with Crippen molar-refractivity contribution in [1.82, 2.24) is 4.98 Å². The smallest absolute Gasteiger partial charge is 0.264 e. The normalized spacial score (nSPS) is 12.3. The quantitative estimate of drug-likeness (QED) is 0.721. The number of alkyl halides is 6. The lowest BCUT2D eigenvalue weighted by molar-refractivity contribution is -0.162. The molecule has 0 atom stereocenters. The molecule has 8 heteroatoms. The standard InChI is InChI=1S/C9H4F6N2/c10-8(11,12)6-4-17-3-5(1-2-16)7(6)9(13,14)15/h3-4H,1H2. The molecule has 0 aliphatic heterocycles. The average Bonchev–Trinajstić information content (AvgIpc) is 2.14. The van der Waals surface area contributed by atoms with Crippen LogP contribution in [0.5, 0.6) is 0 Å². The van der Waals surface area contributed by atoms with Crippen molar-refractivity contribution >= 4 is 0 Å². The van der Waals surface area contributed by atoms with Gasteiger partial charge in [0.2, 0.25) is 0 Å². The minimum absolute atomic E-state index is 0.101. The first-order chi connectivity index (χ1) is 7.68. The van der Waals surface area contributed by atoms with Crippen molar-refractivity contribution in [2.45, 2.75) is 18.8 Å². The molecular formula is C9H4F6N2. The van der Waals surface area contributed by atoms with Gasteiger partial charge in [0.15, 0.2) is 0 Å². The summed E-state index contributed by atoms with van der Waals surface area (Å²) in [5, 5.41) is 8.28. The number of nitrogens with zero attached hydrogens (tertiary/aromatic N) is 2. The fraction of sp³-hybridized carbons (Fsp3) is 0.333. The number of nitriles is 1. The third-order valence-corrected chi connectivity index (χ3v) is 1.88. The monoisotopic (exact) mass is 254 g/mol. The van der Waals surface area contributed by atoms with Gasteiger partial charge in [0, 0.05) is 12.4 Å². The predicted molar refractivity (Wildman–Crippen MR) is 43.6 cm³/mol. The van der Waals surface area contributed by atoms with Gasteiger partial charge >= 0.3 is 12.4 Å². The third-order valence-electron chi connectivity index (χ3n) is 1.88. The van der Waals surface area contributed by atoms with Gasteiger partial charge in [-0.2, -0.15) is 31.6 Å². The third kappa shape index (κ3) is 2.87. The molecule has 0 saturated carbocycles. The Morgan fingerprint density at radius 1 is 1.06 bits per heavy atom. The van der Waals surface area contributed by atoms with Crippen molar-refractivity contribution in [1.29, 1.82) is 5.26 Å². The topological polar surface area (TPSA) is 36.7 Å². The molecule has 1 rings (SSSR count). The highest BCUT2D eigenvalue weighted by Crippen LogP contribution is 2.41. The van der Waals surface area contributed by atoms with Crippen LogP contribution in [0, 0.1) is 11.3 Å². The molecule has 0 unspecified atom stereocenters. The number of rotatable bonds is 1. The van der Waals surface area contributed by atoms with Crippen molar-refractivity contribution < 1.29 is 26.3 Å². The number of hydrogen-bond acceptors (Lipinski definition) is 2. The summed E-state index contributed by atoms with van der Waals surface area (Å²) in [5.41, 5.74) is -4.51. The highest BCUT2D eigenvalue weighted by atomic mass is 19.4. The Labute approximate surface area is 91.5 Å². The van der Waals surface area contributed by atoms with Crippen LogP contribution in [0.1, 0.15) is 16.7 Å².